The maximum absolute atomic E-state index is 13.2. The predicted octanol–water partition coefficient (Wildman–Crippen LogP) is 3.08. The third-order valence-electron chi connectivity index (χ3n) is 6.07. The summed E-state index contributed by atoms with van der Waals surface area (Å²) in [7, 11) is 0. The smallest absolute Gasteiger partial charge is 0.242 e. The molecule has 4 aromatic rings. The van der Waals surface area contributed by atoms with Crippen molar-refractivity contribution in [3.05, 3.63) is 96.7 Å². The Labute approximate surface area is 193 Å². The molecule has 33 heavy (non-hydrogen) atoms. The van der Waals surface area contributed by atoms with Crippen molar-refractivity contribution < 1.29 is 4.79 Å². The topological polar surface area (TPSA) is 57.0 Å². The van der Waals surface area contributed by atoms with Gasteiger partial charge in [-0.15, -0.1) is 0 Å². The summed E-state index contributed by atoms with van der Waals surface area (Å²) in [6.45, 7) is 4.99. The molecule has 0 unspecified atom stereocenters. The number of hydrogen-bond donors (Lipinski definition) is 0. The number of carbonyl (C=O) groups is 1. The van der Waals surface area contributed by atoms with Gasteiger partial charge in [-0.05, 0) is 35.9 Å². The van der Waals surface area contributed by atoms with Gasteiger partial charge in [-0.25, -0.2) is 4.98 Å². The molecular formula is C26H28N6O. The Kier molecular flexibility index (Phi) is 6.30. The van der Waals surface area contributed by atoms with Crippen molar-refractivity contribution >= 4 is 17.2 Å². The number of pyridine rings is 2. The van der Waals surface area contributed by atoms with Crippen LogP contribution in [0.1, 0.15) is 11.3 Å². The second kappa shape index (κ2) is 9.83. The lowest BCUT2D eigenvalue weighted by Gasteiger charge is -2.36. The largest absolute Gasteiger partial charge is 0.358 e. The molecule has 1 aliphatic heterocycles. The summed E-state index contributed by atoms with van der Waals surface area (Å²) in [5, 5.41) is 0. The van der Waals surface area contributed by atoms with E-state index in [4.69, 9.17) is 4.98 Å². The lowest BCUT2D eigenvalue weighted by molar-refractivity contribution is -0.131. The first-order valence-corrected chi connectivity index (χ1v) is 11.4. The minimum Gasteiger partial charge on any atom is -0.358 e. The van der Waals surface area contributed by atoms with Gasteiger partial charge in [0.05, 0.1) is 12.2 Å². The molecule has 0 spiro atoms. The first kappa shape index (κ1) is 21.2. The molecule has 5 rings (SSSR count). The number of anilines is 1. The molecule has 0 radical (unpaired) electrons. The maximum Gasteiger partial charge on any atom is 0.242 e. The second-order valence-corrected chi connectivity index (χ2v) is 8.41. The number of hydrogen-bond acceptors (Lipinski definition) is 5. The van der Waals surface area contributed by atoms with Crippen LogP contribution in [0.4, 0.5) is 5.69 Å². The molecule has 1 aliphatic rings. The summed E-state index contributed by atoms with van der Waals surface area (Å²) in [5.74, 6) is 0.162. The lowest BCUT2D eigenvalue weighted by atomic mass is 10.2. The molecule has 168 valence electrons. The Morgan fingerprint density at radius 3 is 2.52 bits per heavy atom. The van der Waals surface area contributed by atoms with Gasteiger partial charge >= 0.3 is 0 Å². The van der Waals surface area contributed by atoms with Crippen LogP contribution >= 0.6 is 0 Å². The highest BCUT2D eigenvalue weighted by Crippen LogP contribution is 2.17. The fourth-order valence-electron chi connectivity index (χ4n) is 4.30. The van der Waals surface area contributed by atoms with E-state index in [1.54, 1.807) is 6.20 Å². The van der Waals surface area contributed by atoms with E-state index in [0.717, 1.165) is 55.3 Å². The molecule has 1 saturated heterocycles. The molecule has 3 aromatic heterocycles. The zero-order valence-electron chi connectivity index (χ0n) is 18.6. The number of amides is 1. The Hall–Kier alpha value is -3.71. The van der Waals surface area contributed by atoms with E-state index < -0.39 is 0 Å². The number of para-hydroxylation sites is 1. The predicted molar refractivity (Wildman–Crippen MR) is 129 cm³/mol. The maximum atomic E-state index is 13.2. The molecule has 0 atom stereocenters. The van der Waals surface area contributed by atoms with Crippen LogP contribution in [-0.2, 0) is 17.9 Å². The Bertz CT molecular complexity index is 1150. The van der Waals surface area contributed by atoms with Gasteiger partial charge in [-0.1, -0.05) is 30.3 Å². The van der Waals surface area contributed by atoms with Gasteiger partial charge in [0, 0.05) is 69.7 Å². The molecule has 7 heteroatoms. The van der Waals surface area contributed by atoms with Gasteiger partial charge < -0.3 is 14.2 Å². The quantitative estimate of drug-likeness (QED) is 0.442. The van der Waals surface area contributed by atoms with Crippen LogP contribution in [0.25, 0.3) is 5.65 Å². The molecule has 1 fully saturated rings. The summed E-state index contributed by atoms with van der Waals surface area (Å²) in [4.78, 5) is 28.6. The van der Waals surface area contributed by atoms with E-state index in [9.17, 15) is 4.79 Å². The van der Waals surface area contributed by atoms with Crippen LogP contribution in [0.15, 0.2) is 85.5 Å². The van der Waals surface area contributed by atoms with E-state index in [-0.39, 0.29) is 5.91 Å². The molecule has 4 heterocycles. The highest BCUT2D eigenvalue weighted by Gasteiger charge is 2.23. The average Bonchev–Trinajstić information content (AvgIpc) is 3.27. The van der Waals surface area contributed by atoms with Crippen molar-refractivity contribution in [3.63, 3.8) is 0 Å². The highest BCUT2D eigenvalue weighted by molar-refractivity contribution is 5.81. The molecule has 0 N–H and O–H groups in total. The second-order valence-electron chi connectivity index (χ2n) is 8.41. The van der Waals surface area contributed by atoms with Gasteiger partial charge in [-0.3, -0.25) is 14.7 Å². The summed E-state index contributed by atoms with van der Waals surface area (Å²) < 4.78 is 2.05. The third-order valence-corrected chi connectivity index (χ3v) is 6.07. The van der Waals surface area contributed by atoms with Crippen molar-refractivity contribution in [2.45, 2.75) is 13.1 Å². The van der Waals surface area contributed by atoms with Crippen molar-refractivity contribution in [2.75, 3.05) is 37.6 Å². The van der Waals surface area contributed by atoms with E-state index in [2.05, 4.69) is 37.5 Å². The minimum atomic E-state index is 0.162. The van der Waals surface area contributed by atoms with Gasteiger partial charge in [0.15, 0.2) is 0 Å². The molecule has 1 aromatic carbocycles. The van der Waals surface area contributed by atoms with Gasteiger partial charge in [-0.2, -0.15) is 0 Å². The fourth-order valence-corrected chi connectivity index (χ4v) is 4.30. The van der Waals surface area contributed by atoms with Crippen LogP contribution in [0.2, 0.25) is 0 Å². The third kappa shape index (κ3) is 5.21. The summed E-state index contributed by atoms with van der Waals surface area (Å²) in [6, 6.07) is 20.1. The van der Waals surface area contributed by atoms with Crippen molar-refractivity contribution in [2.24, 2.45) is 0 Å². The zero-order valence-corrected chi connectivity index (χ0v) is 18.6. The summed E-state index contributed by atoms with van der Waals surface area (Å²) >= 11 is 0. The van der Waals surface area contributed by atoms with Gasteiger partial charge in [0.2, 0.25) is 5.91 Å². The molecule has 7 nitrogen and oxygen atoms in total. The van der Waals surface area contributed by atoms with Crippen molar-refractivity contribution in [1.82, 2.24) is 24.2 Å². The number of rotatable bonds is 7. The van der Waals surface area contributed by atoms with Crippen molar-refractivity contribution in [3.8, 4) is 0 Å². The molecule has 0 bridgehead atoms. The summed E-state index contributed by atoms with van der Waals surface area (Å²) in [5.41, 5.74) is 4.16. The number of carbonyl (C=O) groups excluding carboxylic acids is 1. The molecular weight excluding hydrogens is 412 g/mol. The molecule has 0 saturated carbocycles. The molecule has 1 amide bonds. The average molecular weight is 441 g/mol. The first-order valence-electron chi connectivity index (χ1n) is 11.4. The lowest BCUT2D eigenvalue weighted by Crippen LogP contribution is -2.50. The number of nitrogens with zero attached hydrogens (tertiary/aromatic N) is 6. The van der Waals surface area contributed by atoms with Crippen LogP contribution in [-0.4, -0.2) is 62.8 Å². The number of piperazine rings is 1. The summed E-state index contributed by atoms with van der Waals surface area (Å²) in [6.07, 6.45) is 7.74. The fraction of sp³-hybridized carbons (Fsp3) is 0.269. The van der Waals surface area contributed by atoms with Crippen LogP contribution in [0.5, 0.6) is 0 Å². The number of aromatic nitrogens is 3. The van der Waals surface area contributed by atoms with E-state index in [1.807, 2.05) is 65.8 Å². The molecule has 0 aliphatic carbocycles. The Balaban J connectivity index is 1.19. The van der Waals surface area contributed by atoms with Crippen molar-refractivity contribution in [1.29, 1.82) is 0 Å². The number of imidazole rings is 1. The van der Waals surface area contributed by atoms with E-state index in [0.29, 0.717) is 13.1 Å². The first-order chi connectivity index (χ1) is 16.2. The van der Waals surface area contributed by atoms with E-state index >= 15 is 0 Å². The number of benzene rings is 1. The van der Waals surface area contributed by atoms with Gasteiger partial charge in [0.25, 0.3) is 0 Å². The van der Waals surface area contributed by atoms with Crippen LogP contribution in [0.3, 0.4) is 0 Å². The Morgan fingerprint density at radius 1 is 0.939 bits per heavy atom. The van der Waals surface area contributed by atoms with Crippen LogP contribution in [0, 0.1) is 0 Å². The monoisotopic (exact) mass is 440 g/mol. The highest BCUT2D eigenvalue weighted by atomic mass is 16.2. The van der Waals surface area contributed by atoms with E-state index in [1.165, 1.54) is 0 Å². The standard InChI is InChI=1S/C26H28N6O/c33-26(21-32(24-8-2-1-3-9-24)18-22-7-6-11-27-17-22)30-15-13-29(14-16-30)19-23-20-31-12-5-4-10-25(31)28-23/h1-12,17,20H,13-16,18-19,21H2. The SMILES string of the molecule is O=C(CN(Cc1cccnc1)c1ccccc1)N1CCN(Cc2cn3ccccc3n2)CC1. The normalized spacial score (nSPS) is 14.5. The van der Waals surface area contributed by atoms with Gasteiger partial charge in [0.1, 0.15) is 5.65 Å². The number of fused-ring (bicyclic) bond motifs is 1. The zero-order chi connectivity index (χ0) is 22.5. The van der Waals surface area contributed by atoms with Crippen LogP contribution < -0.4 is 4.90 Å². The minimum absolute atomic E-state index is 0.162. The Morgan fingerprint density at radius 2 is 1.76 bits per heavy atom.